The molecule has 0 spiro atoms. The molecule has 0 fully saturated rings. The quantitative estimate of drug-likeness (QED) is 0.803. The molecular weight excluding hydrogens is 367 g/mol. The maximum Gasteiger partial charge on any atom is 0.337 e. The topological polar surface area (TPSA) is 62.2 Å². The summed E-state index contributed by atoms with van der Waals surface area (Å²) in [5.74, 6) is -0.618. The van der Waals surface area contributed by atoms with Crippen LogP contribution >= 0.6 is 34.2 Å². The van der Waals surface area contributed by atoms with Crippen LogP contribution in [0.2, 0.25) is 5.02 Å². The van der Waals surface area contributed by atoms with Gasteiger partial charge in [-0.25, -0.2) is 9.78 Å². The summed E-state index contributed by atoms with van der Waals surface area (Å²) in [7, 11) is 0. The first kappa shape index (κ1) is 13.1. The van der Waals surface area contributed by atoms with Gasteiger partial charge in [-0.15, -0.1) is 0 Å². The molecule has 0 aliphatic rings. The summed E-state index contributed by atoms with van der Waals surface area (Å²) in [6.45, 7) is 0. The Morgan fingerprint density at radius 2 is 2.00 bits per heavy atom. The van der Waals surface area contributed by atoms with Gasteiger partial charge >= 0.3 is 5.97 Å². The molecule has 2 aromatic rings. The third-order valence-corrected chi connectivity index (χ3v) is 3.20. The van der Waals surface area contributed by atoms with Gasteiger partial charge in [0.15, 0.2) is 0 Å². The summed E-state index contributed by atoms with van der Waals surface area (Å²) in [6, 6.07) is 9.05. The number of aromatic carboxylic acids is 1. The molecule has 0 saturated carbocycles. The summed E-state index contributed by atoms with van der Waals surface area (Å²) in [5.41, 5.74) is 0.904. The van der Waals surface area contributed by atoms with Crippen molar-refractivity contribution in [1.82, 2.24) is 4.98 Å². The monoisotopic (exact) mass is 374 g/mol. The first-order valence-electron chi connectivity index (χ1n) is 4.97. The van der Waals surface area contributed by atoms with E-state index in [-0.39, 0.29) is 10.6 Å². The normalized spacial score (nSPS) is 10.1. The number of carbonyl (C=O) groups is 1. The second-order valence-electron chi connectivity index (χ2n) is 3.49. The Bertz CT molecular complexity index is 587. The second kappa shape index (κ2) is 5.53. The van der Waals surface area contributed by atoms with Crippen LogP contribution in [-0.4, -0.2) is 16.1 Å². The van der Waals surface area contributed by atoms with Crippen molar-refractivity contribution in [3.05, 3.63) is 50.7 Å². The molecular formula is C12H8ClIN2O2. The largest absolute Gasteiger partial charge is 0.478 e. The number of hydrogen-bond donors (Lipinski definition) is 2. The number of anilines is 2. The number of benzene rings is 1. The highest BCUT2D eigenvalue weighted by atomic mass is 127. The van der Waals surface area contributed by atoms with Crippen LogP contribution in [0.15, 0.2) is 36.5 Å². The molecule has 92 valence electrons. The molecule has 18 heavy (non-hydrogen) atoms. The molecule has 1 aromatic carbocycles. The van der Waals surface area contributed by atoms with Crippen LogP contribution in [0.5, 0.6) is 0 Å². The van der Waals surface area contributed by atoms with Gasteiger partial charge < -0.3 is 10.4 Å². The van der Waals surface area contributed by atoms with Crippen molar-refractivity contribution >= 4 is 51.7 Å². The summed E-state index contributed by atoms with van der Waals surface area (Å²) in [5, 5.41) is 12.1. The predicted octanol–water partition coefficient (Wildman–Crippen LogP) is 3.78. The van der Waals surface area contributed by atoms with E-state index in [2.05, 4.69) is 32.9 Å². The third kappa shape index (κ3) is 3.11. The van der Waals surface area contributed by atoms with E-state index in [1.165, 1.54) is 12.3 Å². The van der Waals surface area contributed by atoms with E-state index >= 15 is 0 Å². The molecule has 1 heterocycles. The van der Waals surface area contributed by atoms with Gasteiger partial charge in [0.1, 0.15) is 5.82 Å². The van der Waals surface area contributed by atoms with Crippen LogP contribution < -0.4 is 5.32 Å². The van der Waals surface area contributed by atoms with Gasteiger partial charge in [0, 0.05) is 15.5 Å². The van der Waals surface area contributed by atoms with Gasteiger partial charge in [-0.2, -0.15) is 0 Å². The van der Waals surface area contributed by atoms with Crippen LogP contribution in [0.1, 0.15) is 10.4 Å². The van der Waals surface area contributed by atoms with Crippen LogP contribution in [0.25, 0.3) is 0 Å². The number of rotatable bonds is 3. The van der Waals surface area contributed by atoms with E-state index in [9.17, 15) is 4.79 Å². The molecule has 0 aliphatic heterocycles. The lowest BCUT2D eigenvalue weighted by molar-refractivity contribution is 0.0696. The number of halogens is 2. The van der Waals surface area contributed by atoms with Crippen molar-refractivity contribution in [2.24, 2.45) is 0 Å². The number of carboxylic acid groups (broad SMARTS) is 1. The van der Waals surface area contributed by atoms with Crippen molar-refractivity contribution in [1.29, 1.82) is 0 Å². The fourth-order valence-corrected chi connectivity index (χ4v) is 1.89. The molecule has 0 unspecified atom stereocenters. The van der Waals surface area contributed by atoms with Gasteiger partial charge in [0.2, 0.25) is 0 Å². The lowest BCUT2D eigenvalue weighted by atomic mass is 10.3. The SMILES string of the molecule is O=C(O)c1cnc(Nc2ccc(I)cc2)c(Cl)c1. The molecule has 0 atom stereocenters. The smallest absolute Gasteiger partial charge is 0.337 e. The first-order valence-corrected chi connectivity index (χ1v) is 6.43. The summed E-state index contributed by atoms with van der Waals surface area (Å²) >= 11 is 8.18. The van der Waals surface area contributed by atoms with Crippen LogP contribution in [0.4, 0.5) is 11.5 Å². The molecule has 1 aromatic heterocycles. The van der Waals surface area contributed by atoms with Crippen molar-refractivity contribution in [2.45, 2.75) is 0 Å². The highest BCUT2D eigenvalue weighted by molar-refractivity contribution is 14.1. The average Bonchev–Trinajstić information content (AvgIpc) is 2.34. The molecule has 0 aliphatic carbocycles. The van der Waals surface area contributed by atoms with Crippen molar-refractivity contribution in [2.75, 3.05) is 5.32 Å². The standard InChI is InChI=1S/C12H8ClIN2O2/c13-10-5-7(12(17)18)6-15-11(10)16-9-3-1-8(14)2-4-9/h1-6H,(H,15,16)(H,17,18). The van der Waals surface area contributed by atoms with E-state index in [1.54, 1.807) is 0 Å². The van der Waals surface area contributed by atoms with E-state index < -0.39 is 5.97 Å². The number of nitrogens with one attached hydrogen (secondary N) is 1. The maximum absolute atomic E-state index is 10.7. The minimum Gasteiger partial charge on any atom is -0.478 e. The van der Waals surface area contributed by atoms with Gasteiger partial charge in [-0.3, -0.25) is 0 Å². The molecule has 6 heteroatoms. The summed E-state index contributed by atoms with van der Waals surface area (Å²) in [6.07, 6.45) is 1.27. The molecule has 4 nitrogen and oxygen atoms in total. The van der Waals surface area contributed by atoms with E-state index in [1.807, 2.05) is 24.3 Å². The van der Waals surface area contributed by atoms with Crippen LogP contribution in [0.3, 0.4) is 0 Å². The highest BCUT2D eigenvalue weighted by Gasteiger charge is 2.08. The molecule has 0 radical (unpaired) electrons. The Morgan fingerprint density at radius 1 is 1.33 bits per heavy atom. The Balaban J connectivity index is 2.24. The average molecular weight is 375 g/mol. The number of hydrogen-bond acceptors (Lipinski definition) is 3. The van der Waals surface area contributed by atoms with Crippen molar-refractivity contribution < 1.29 is 9.90 Å². The van der Waals surface area contributed by atoms with E-state index in [0.717, 1.165) is 9.26 Å². The van der Waals surface area contributed by atoms with Gasteiger partial charge in [0.05, 0.1) is 10.6 Å². The van der Waals surface area contributed by atoms with Gasteiger partial charge in [-0.05, 0) is 52.9 Å². The summed E-state index contributed by atoms with van der Waals surface area (Å²) < 4.78 is 1.12. The molecule has 2 rings (SSSR count). The van der Waals surface area contributed by atoms with Crippen molar-refractivity contribution in [3.63, 3.8) is 0 Å². The lowest BCUT2D eigenvalue weighted by Crippen LogP contribution is -2.00. The Hall–Kier alpha value is -1.34. The van der Waals surface area contributed by atoms with Crippen LogP contribution in [-0.2, 0) is 0 Å². The number of aromatic nitrogens is 1. The Kier molecular flexibility index (Phi) is 4.03. The second-order valence-corrected chi connectivity index (χ2v) is 5.14. The zero-order chi connectivity index (χ0) is 13.1. The number of pyridine rings is 1. The third-order valence-electron chi connectivity index (χ3n) is 2.20. The number of nitrogens with zero attached hydrogens (tertiary/aromatic N) is 1. The van der Waals surface area contributed by atoms with E-state index in [0.29, 0.717) is 5.82 Å². The van der Waals surface area contributed by atoms with Gasteiger partial charge in [-0.1, -0.05) is 11.6 Å². The zero-order valence-corrected chi connectivity index (χ0v) is 11.9. The predicted molar refractivity (Wildman–Crippen MR) is 78.6 cm³/mol. The molecule has 0 bridgehead atoms. The van der Waals surface area contributed by atoms with Gasteiger partial charge in [0.25, 0.3) is 0 Å². The molecule has 0 amide bonds. The van der Waals surface area contributed by atoms with E-state index in [4.69, 9.17) is 16.7 Å². The minimum absolute atomic E-state index is 0.0631. The number of carboxylic acids is 1. The minimum atomic E-state index is -1.05. The zero-order valence-electron chi connectivity index (χ0n) is 9.02. The molecule has 0 saturated heterocycles. The summed E-state index contributed by atoms with van der Waals surface area (Å²) in [4.78, 5) is 14.7. The first-order chi connectivity index (χ1) is 8.56. The Labute approximate surface area is 122 Å². The lowest BCUT2D eigenvalue weighted by Gasteiger charge is -2.07. The van der Waals surface area contributed by atoms with Crippen molar-refractivity contribution in [3.8, 4) is 0 Å². The molecule has 2 N–H and O–H groups in total. The highest BCUT2D eigenvalue weighted by Crippen LogP contribution is 2.24. The Morgan fingerprint density at radius 3 is 2.56 bits per heavy atom. The maximum atomic E-state index is 10.7. The fourth-order valence-electron chi connectivity index (χ4n) is 1.32. The fraction of sp³-hybridized carbons (Fsp3) is 0. The van der Waals surface area contributed by atoms with Crippen LogP contribution in [0, 0.1) is 3.57 Å².